The van der Waals surface area contributed by atoms with E-state index >= 15 is 0 Å². The molecular weight excluding hydrogens is 248 g/mol. The third kappa shape index (κ3) is 4.11. The smallest absolute Gasteiger partial charge is 0.331 e. The van der Waals surface area contributed by atoms with E-state index in [1.165, 1.54) is 0 Å². The molecular formula is C9H14N2O7. The normalized spacial score (nSPS) is 15.4. The number of carboxylic acid groups (broad SMARTS) is 3. The minimum atomic E-state index is -2.49. The van der Waals surface area contributed by atoms with E-state index < -0.39 is 54.5 Å². The van der Waals surface area contributed by atoms with Crippen LogP contribution in [0.3, 0.4) is 0 Å². The van der Waals surface area contributed by atoms with Crippen LogP contribution in [-0.4, -0.2) is 50.6 Å². The molecule has 0 aromatic carbocycles. The summed E-state index contributed by atoms with van der Waals surface area (Å²) in [6.07, 6.45) is -2.09. The zero-order chi connectivity index (χ0) is 14.5. The maximum absolute atomic E-state index is 11.7. The second-order valence-electron chi connectivity index (χ2n) is 3.74. The number of ketones is 1. The maximum Gasteiger partial charge on any atom is 0.331 e. The van der Waals surface area contributed by atoms with Crippen LogP contribution in [-0.2, 0) is 19.2 Å². The van der Waals surface area contributed by atoms with Gasteiger partial charge in [-0.3, -0.25) is 14.4 Å². The molecule has 0 amide bonds. The first-order valence-corrected chi connectivity index (χ1v) is 4.87. The lowest BCUT2D eigenvalue weighted by atomic mass is 9.85. The molecule has 0 aliphatic carbocycles. The van der Waals surface area contributed by atoms with Gasteiger partial charge in [0.2, 0.25) is 0 Å². The minimum absolute atomic E-state index is 0.645. The monoisotopic (exact) mass is 262 g/mol. The van der Waals surface area contributed by atoms with Crippen molar-refractivity contribution in [2.45, 2.75) is 30.8 Å². The molecule has 0 fully saturated rings. The largest absolute Gasteiger partial charge is 0.481 e. The molecule has 2 atom stereocenters. The van der Waals surface area contributed by atoms with E-state index in [2.05, 4.69) is 0 Å². The van der Waals surface area contributed by atoms with Gasteiger partial charge in [-0.05, 0) is 6.42 Å². The van der Waals surface area contributed by atoms with Crippen molar-refractivity contribution >= 4 is 23.7 Å². The van der Waals surface area contributed by atoms with Crippen molar-refractivity contribution in [1.82, 2.24) is 0 Å². The summed E-state index contributed by atoms with van der Waals surface area (Å²) in [5, 5.41) is 25.7. The zero-order valence-electron chi connectivity index (χ0n) is 9.33. The Hall–Kier alpha value is -2.00. The second-order valence-corrected chi connectivity index (χ2v) is 3.74. The van der Waals surface area contributed by atoms with Gasteiger partial charge in [-0.2, -0.15) is 0 Å². The summed E-state index contributed by atoms with van der Waals surface area (Å²) >= 11 is 0. The number of carbonyl (C=O) groups excluding carboxylic acids is 1. The van der Waals surface area contributed by atoms with Gasteiger partial charge in [0.05, 0.1) is 12.5 Å². The van der Waals surface area contributed by atoms with Crippen LogP contribution >= 0.6 is 0 Å². The van der Waals surface area contributed by atoms with E-state index in [4.69, 9.17) is 26.8 Å². The first-order chi connectivity index (χ1) is 8.11. The third-order valence-electron chi connectivity index (χ3n) is 2.29. The van der Waals surface area contributed by atoms with Crippen molar-refractivity contribution in [2.75, 3.05) is 0 Å². The predicted octanol–water partition coefficient (Wildman–Crippen LogP) is -2.00. The molecule has 0 heterocycles. The van der Waals surface area contributed by atoms with Crippen LogP contribution < -0.4 is 11.5 Å². The molecule has 102 valence electrons. The summed E-state index contributed by atoms with van der Waals surface area (Å²) in [6.45, 7) is 0. The highest BCUT2D eigenvalue weighted by molar-refractivity contribution is 6.10. The fraction of sp³-hybridized carbons (Fsp3) is 0.556. The molecule has 0 saturated carbocycles. The Labute approximate surface area is 101 Å². The van der Waals surface area contributed by atoms with E-state index in [-0.39, 0.29) is 0 Å². The van der Waals surface area contributed by atoms with Gasteiger partial charge in [0.1, 0.15) is 0 Å². The summed E-state index contributed by atoms with van der Waals surface area (Å²) in [6, 6.07) is -1.60. The van der Waals surface area contributed by atoms with E-state index in [9.17, 15) is 19.2 Å². The average molecular weight is 262 g/mol. The molecule has 0 aromatic heterocycles. The van der Waals surface area contributed by atoms with Gasteiger partial charge in [-0.1, -0.05) is 0 Å². The fourth-order valence-corrected chi connectivity index (χ4v) is 1.25. The van der Waals surface area contributed by atoms with Crippen LogP contribution in [0, 0.1) is 0 Å². The molecule has 9 heteroatoms. The number of nitrogens with two attached hydrogens (primary N) is 2. The SMILES string of the molecule is NC(CC(=O)O)C(=O)C(N)(CCC(=O)O)C(=O)O. The summed E-state index contributed by atoms with van der Waals surface area (Å²) in [4.78, 5) is 43.3. The minimum Gasteiger partial charge on any atom is -0.481 e. The highest BCUT2D eigenvalue weighted by atomic mass is 16.4. The number of carbonyl (C=O) groups is 4. The third-order valence-corrected chi connectivity index (χ3v) is 2.29. The Bertz CT molecular complexity index is 381. The molecule has 18 heavy (non-hydrogen) atoms. The lowest BCUT2D eigenvalue weighted by Crippen LogP contribution is -2.60. The predicted molar refractivity (Wildman–Crippen MR) is 56.7 cm³/mol. The van der Waals surface area contributed by atoms with Gasteiger partial charge in [0, 0.05) is 6.42 Å². The number of rotatable bonds is 8. The van der Waals surface area contributed by atoms with Crippen molar-refractivity contribution in [2.24, 2.45) is 11.5 Å². The first-order valence-electron chi connectivity index (χ1n) is 4.87. The Balaban J connectivity index is 4.97. The quantitative estimate of drug-likeness (QED) is 0.309. The van der Waals surface area contributed by atoms with Crippen LogP contribution in [0.15, 0.2) is 0 Å². The topological polar surface area (TPSA) is 181 Å². The first kappa shape index (κ1) is 16.0. The molecule has 0 bridgehead atoms. The number of Topliss-reactive ketones (excluding diaryl/α,β-unsaturated/α-hetero) is 1. The fourth-order valence-electron chi connectivity index (χ4n) is 1.25. The van der Waals surface area contributed by atoms with Gasteiger partial charge in [-0.15, -0.1) is 0 Å². The molecule has 0 aliphatic heterocycles. The average Bonchev–Trinajstić information content (AvgIpc) is 2.23. The lowest BCUT2D eigenvalue weighted by Gasteiger charge is -2.25. The van der Waals surface area contributed by atoms with Crippen molar-refractivity contribution in [3.8, 4) is 0 Å². The van der Waals surface area contributed by atoms with Gasteiger partial charge < -0.3 is 26.8 Å². The molecule has 0 aromatic rings. The second kappa shape index (κ2) is 6.07. The molecule has 0 radical (unpaired) electrons. The van der Waals surface area contributed by atoms with E-state index in [0.717, 1.165) is 0 Å². The molecule has 0 spiro atoms. The van der Waals surface area contributed by atoms with Crippen molar-refractivity contribution in [1.29, 1.82) is 0 Å². The highest BCUT2D eigenvalue weighted by Crippen LogP contribution is 2.15. The maximum atomic E-state index is 11.7. The Morgan fingerprint density at radius 2 is 1.56 bits per heavy atom. The van der Waals surface area contributed by atoms with Gasteiger partial charge in [0.25, 0.3) is 0 Å². The van der Waals surface area contributed by atoms with Gasteiger partial charge in [-0.25, -0.2) is 4.79 Å². The van der Waals surface area contributed by atoms with E-state index in [1.54, 1.807) is 0 Å². The number of aliphatic carboxylic acids is 3. The standard InChI is InChI=1S/C9H14N2O7/c10-4(3-6(14)15)7(16)9(11,8(17)18)2-1-5(12)13/h4H,1-3,10-11H2,(H,12,13)(H,14,15)(H,17,18). The van der Waals surface area contributed by atoms with Crippen LogP contribution in [0.1, 0.15) is 19.3 Å². The number of carboxylic acids is 3. The Morgan fingerprint density at radius 3 is 1.89 bits per heavy atom. The summed E-state index contributed by atoms with van der Waals surface area (Å²) < 4.78 is 0. The molecule has 0 saturated heterocycles. The molecule has 9 nitrogen and oxygen atoms in total. The van der Waals surface area contributed by atoms with E-state index in [0.29, 0.717) is 0 Å². The van der Waals surface area contributed by atoms with Crippen LogP contribution in [0.25, 0.3) is 0 Å². The van der Waals surface area contributed by atoms with Gasteiger partial charge >= 0.3 is 17.9 Å². The van der Waals surface area contributed by atoms with Crippen molar-refractivity contribution < 1.29 is 34.5 Å². The number of hydrogen-bond donors (Lipinski definition) is 5. The molecule has 0 aliphatic rings. The summed E-state index contributed by atoms with van der Waals surface area (Å²) in [5.41, 5.74) is 8.06. The molecule has 7 N–H and O–H groups in total. The highest BCUT2D eigenvalue weighted by Gasteiger charge is 2.44. The van der Waals surface area contributed by atoms with Crippen molar-refractivity contribution in [3.05, 3.63) is 0 Å². The van der Waals surface area contributed by atoms with Gasteiger partial charge in [0.15, 0.2) is 11.3 Å². The lowest BCUT2D eigenvalue weighted by molar-refractivity contribution is -0.151. The Morgan fingerprint density at radius 1 is 1.06 bits per heavy atom. The van der Waals surface area contributed by atoms with Crippen molar-refractivity contribution in [3.63, 3.8) is 0 Å². The van der Waals surface area contributed by atoms with Crippen LogP contribution in [0.5, 0.6) is 0 Å². The zero-order valence-corrected chi connectivity index (χ0v) is 9.33. The number of hydrogen-bond acceptors (Lipinski definition) is 6. The van der Waals surface area contributed by atoms with Crippen LogP contribution in [0.2, 0.25) is 0 Å². The van der Waals surface area contributed by atoms with Crippen LogP contribution in [0.4, 0.5) is 0 Å². The Kier molecular flexibility index (Phi) is 5.40. The molecule has 0 rings (SSSR count). The molecule has 2 unspecified atom stereocenters. The van der Waals surface area contributed by atoms with E-state index in [1.807, 2.05) is 0 Å². The summed E-state index contributed by atoms with van der Waals surface area (Å²) in [7, 11) is 0. The summed E-state index contributed by atoms with van der Waals surface area (Å²) in [5.74, 6) is -5.67.